The summed E-state index contributed by atoms with van der Waals surface area (Å²) < 4.78 is 5.47. The first kappa shape index (κ1) is 12.1. The molecular formula is C8H17ClO2Si. The van der Waals surface area contributed by atoms with E-state index in [1.807, 2.05) is 13.1 Å². The van der Waals surface area contributed by atoms with Crippen LogP contribution in [-0.2, 0) is 9.22 Å². The van der Waals surface area contributed by atoms with Crippen LogP contribution in [0.25, 0.3) is 0 Å². The van der Waals surface area contributed by atoms with Crippen molar-refractivity contribution in [2.75, 3.05) is 0 Å². The topological polar surface area (TPSA) is 26.3 Å². The maximum atomic E-state index is 10.8. The van der Waals surface area contributed by atoms with Crippen LogP contribution in [0.3, 0.4) is 0 Å². The largest absolute Gasteiger partial charge is 0.409 e. The molecule has 0 heterocycles. The predicted octanol–water partition coefficient (Wildman–Crippen LogP) is 2.31. The van der Waals surface area contributed by atoms with Gasteiger partial charge in [0.1, 0.15) is 6.10 Å². The minimum Gasteiger partial charge on any atom is -0.409 e. The van der Waals surface area contributed by atoms with Crippen LogP contribution < -0.4 is 0 Å². The summed E-state index contributed by atoms with van der Waals surface area (Å²) in [4.78, 5) is 10.8. The molecular weight excluding hydrogens is 192 g/mol. The number of unbranched alkanes of at least 4 members (excludes halogenated alkanes) is 1. The summed E-state index contributed by atoms with van der Waals surface area (Å²) >= 11 is 5.38. The van der Waals surface area contributed by atoms with E-state index in [2.05, 4.69) is 6.92 Å². The number of hydrogen-bond donors (Lipinski definition) is 0. The summed E-state index contributed by atoms with van der Waals surface area (Å²) in [5.74, 6) is 0. The Morgan fingerprint density at radius 2 is 2.17 bits per heavy atom. The van der Waals surface area contributed by atoms with Gasteiger partial charge in [0.15, 0.2) is 9.04 Å². The lowest BCUT2D eigenvalue weighted by Gasteiger charge is -2.15. The molecule has 0 bridgehead atoms. The summed E-state index contributed by atoms with van der Waals surface area (Å²) in [6.07, 6.45) is 2.50. The van der Waals surface area contributed by atoms with Gasteiger partial charge in [0, 0.05) is 0 Å². The van der Waals surface area contributed by atoms with E-state index in [4.69, 9.17) is 16.0 Å². The third-order valence-corrected chi connectivity index (χ3v) is 2.63. The van der Waals surface area contributed by atoms with Gasteiger partial charge in [-0.1, -0.05) is 19.8 Å². The summed E-state index contributed by atoms with van der Waals surface area (Å²) in [6.45, 7) is 6.17. The SMILES string of the molecule is CCCCC(O[SiH](C)C)C(=O)Cl. The van der Waals surface area contributed by atoms with E-state index in [1.54, 1.807) is 0 Å². The maximum absolute atomic E-state index is 10.8. The van der Waals surface area contributed by atoms with Crippen LogP contribution in [-0.4, -0.2) is 20.4 Å². The lowest BCUT2D eigenvalue weighted by atomic mass is 10.2. The average molecular weight is 209 g/mol. The van der Waals surface area contributed by atoms with Crippen molar-refractivity contribution in [1.29, 1.82) is 0 Å². The van der Waals surface area contributed by atoms with Gasteiger partial charge in [-0.3, -0.25) is 4.79 Å². The molecule has 0 aromatic carbocycles. The van der Waals surface area contributed by atoms with Crippen LogP contribution in [0, 0.1) is 0 Å². The monoisotopic (exact) mass is 208 g/mol. The highest BCUT2D eigenvalue weighted by Gasteiger charge is 2.17. The highest BCUT2D eigenvalue weighted by atomic mass is 35.5. The second-order valence-corrected chi connectivity index (χ2v) is 5.86. The maximum Gasteiger partial charge on any atom is 0.249 e. The molecule has 0 N–H and O–H groups in total. The number of carbonyl (C=O) groups excluding carboxylic acids is 1. The fourth-order valence-corrected chi connectivity index (χ4v) is 2.12. The van der Waals surface area contributed by atoms with Crippen LogP contribution >= 0.6 is 11.6 Å². The lowest BCUT2D eigenvalue weighted by Crippen LogP contribution is -2.25. The normalized spacial score (nSPS) is 13.4. The van der Waals surface area contributed by atoms with E-state index in [0.29, 0.717) is 0 Å². The van der Waals surface area contributed by atoms with Crippen molar-refractivity contribution in [2.45, 2.75) is 45.4 Å². The number of rotatable bonds is 6. The Hall–Kier alpha value is 0.137. The zero-order chi connectivity index (χ0) is 9.56. The predicted molar refractivity (Wildman–Crippen MR) is 54.1 cm³/mol. The molecule has 0 spiro atoms. The lowest BCUT2D eigenvalue weighted by molar-refractivity contribution is -0.118. The Balaban J connectivity index is 3.78. The Morgan fingerprint density at radius 3 is 2.50 bits per heavy atom. The van der Waals surface area contributed by atoms with Crippen LogP contribution in [0.2, 0.25) is 13.1 Å². The van der Waals surface area contributed by atoms with Crippen molar-refractivity contribution in [2.24, 2.45) is 0 Å². The van der Waals surface area contributed by atoms with Gasteiger partial charge < -0.3 is 4.43 Å². The molecule has 0 aromatic heterocycles. The highest BCUT2D eigenvalue weighted by molar-refractivity contribution is 6.65. The zero-order valence-corrected chi connectivity index (χ0v) is 9.88. The highest BCUT2D eigenvalue weighted by Crippen LogP contribution is 2.09. The summed E-state index contributed by atoms with van der Waals surface area (Å²) in [5, 5.41) is -0.343. The van der Waals surface area contributed by atoms with Crippen molar-refractivity contribution in [3.8, 4) is 0 Å². The minimum atomic E-state index is -1.13. The van der Waals surface area contributed by atoms with E-state index in [0.717, 1.165) is 19.3 Å². The summed E-state index contributed by atoms with van der Waals surface area (Å²) in [7, 11) is -1.13. The molecule has 0 rings (SSSR count). The first-order valence-corrected chi connectivity index (χ1v) is 7.58. The quantitative estimate of drug-likeness (QED) is 0.495. The van der Waals surface area contributed by atoms with Gasteiger partial charge in [0.2, 0.25) is 5.24 Å². The standard InChI is InChI=1S/C8H17ClO2Si/c1-4-5-6-7(8(9)10)11-12(2)3/h7,12H,4-6H2,1-3H3. The van der Waals surface area contributed by atoms with Crippen LogP contribution in [0.5, 0.6) is 0 Å². The van der Waals surface area contributed by atoms with E-state index in [-0.39, 0.29) is 11.3 Å². The number of carbonyl (C=O) groups is 1. The molecule has 72 valence electrons. The van der Waals surface area contributed by atoms with E-state index < -0.39 is 9.04 Å². The minimum absolute atomic E-state index is 0.343. The molecule has 2 nitrogen and oxygen atoms in total. The molecule has 4 heteroatoms. The van der Waals surface area contributed by atoms with Crippen molar-refractivity contribution < 1.29 is 9.22 Å². The summed E-state index contributed by atoms with van der Waals surface area (Å²) in [6, 6.07) is 0. The fraction of sp³-hybridized carbons (Fsp3) is 0.875. The number of halogens is 1. The van der Waals surface area contributed by atoms with Crippen molar-refractivity contribution in [1.82, 2.24) is 0 Å². The molecule has 0 fully saturated rings. The molecule has 12 heavy (non-hydrogen) atoms. The number of hydrogen-bond acceptors (Lipinski definition) is 2. The van der Waals surface area contributed by atoms with Crippen LogP contribution in [0.15, 0.2) is 0 Å². The van der Waals surface area contributed by atoms with Crippen molar-refractivity contribution >= 4 is 25.9 Å². The molecule has 0 saturated heterocycles. The van der Waals surface area contributed by atoms with Gasteiger partial charge in [-0.05, 0) is 31.1 Å². The molecule has 0 aromatic rings. The Bertz CT molecular complexity index is 139. The molecule has 1 atom stereocenters. The molecule has 0 aliphatic rings. The Morgan fingerprint density at radius 1 is 1.58 bits per heavy atom. The second-order valence-electron chi connectivity index (χ2n) is 3.12. The van der Waals surface area contributed by atoms with Gasteiger partial charge >= 0.3 is 0 Å². The molecule has 1 unspecified atom stereocenters. The Labute approximate surface area is 81.0 Å². The van der Waals surface area contributed by atoms with Crippen LogP contribution in [0.4, 0.5) is 0 Å². The second kappa shape index (κ2) is 6.63. The third kappa shape index (κ3) is 5.74. The first-order valence-electron chi connectivity index (χ1n) is 4.42. The van der Waals surface area contributed by atoms with E-state index >= 15 is 0 Å². The summed E-state index contributed by atoms with van der Waals surface area (Å²) in [5.41, 5.74) is 0. The Kier molecular flexibility index (Phi) is 6.71. The fourth-order valence-electron chi connectivity index (χ4n) is 0.953. The van der Waals surface area contributed by atoms with E-state index in [9.17, 15) is 4.79 Å². The smallest absolute Gasteiger partial charge is 0.249 e. The van der Waals surface area contributed by atoms with Gasteiger partial charge in [-0.2, -0.15) is 0 Å². The average Bonchev–Trinajstić information content (AvgIpc) is 1.96. The van der Waals surface area contributed by atoms with Crippen molar-refractivity contribution in [3.05, 3.63) is 0 Å². The van der Waals surface area contributed by atoms with Gasteiger partial charge in [0.05, 0.1) is 0 Å². The van der Waals surface area contributed by atoms with E-state index in [1.165, 1.54) is 0 Å². The molecule has 0 amide bonds. The first-order chi connectivity index (χ1) is 5.57. The molecule has 0 aliphatic heterocycles. The molecule has 0 aliphatic carbocycles. The van der Waals surface area contributed by atoms with Gasteiger partial charge in [0.25, 0.3) is 0 Å². The van der Waals surface area contributed by atoms with Gasteiger partial charge in [-0.25, -0.2) is 0 Å². The molecule has 0 radical (unpaired) electrons. The van der Waals surface area contributed by atoms with Crippen LogP contribution in [0.1, 0.15) is 26.2 Å². The third-order valence-electron chi connectivity index (χ3n) is 1.51. The molecule has 0 saturated carbocycles. The zero-order valence-electron chi connectivity index (χ0n) is 7.97. The van der Waals surface area contributed by atoms with Gasteiger partial charge in [-0.15, -0.1) is 0 Å². The van der Waals surface area contributed by atoms with Crippen molar-refractivity contribution in [3.63, 3.8) is 0 Å².